The van der Waals surface area contributed by atoms with Crippen molar-refractivity contribution in [1.82, 2.24) is 5.32 Å². The van der Waals surface area contributed by atoms with Crippen LogP contribution in [0.4, 0.5) is 0 Å². The molecule has 1 heteroatoms. The molecule has 0 aromatic carbocycles. The van der Waals surface area contributed by atoms with Crippen molar-refractivity contribution in [3.05, 3.63) is 12.8 Å². The summed E-state index contributed by atoms with van der Waals surface area (Å²) in [4.78, 5) is 0. The number of hydrogen-bond acceptors (Lipinski definition) is 1. The summed E-state index contributed by atoms with van der Waals surface area (Å²) in [7, 11) is 0. The molecule has 0 aromatic heterocycles. The van der Waals surface area contributed by atoms with Crippen LogP contribution in [-0.2, 0) is 0 Å². The van der Waals surface area contributed by atoms with Crippen molar-refractivity contribution in [2.75, 3.05) is 6.54 Å². The number of nitrogens with one attached hydrogen (secondary N) is 1. The van der Waals surface area contributed by atoms with Crippen molar-refractivity contribution in [2.45, 2.75) is 64.7 Å². The fourth-order valence-electron chi connectivity index (χ4n) is 1.64. The van der Waals surface area contributed by atoms with E-state index >= 15 is 0 Å². The van der Waals surface area contributed by atoms with E-state index in [1.165, 1.54) is 57.8 Å². The first-order chi connectivity index (χ1) is 6.91. The second-order valence-corrected chi connectivity index (χ2v) is 3.99. The van der Waals surface area contributed by atoms with Crippen LogP contribution < -0.4 is 5.32 Å². The zero-order valence-electron chi connectivity index (χ0n) is 9.86. The summed E-state index contributed by atoms with van der Waals surface area (Å²) in [5, 5.41) is 3.13. The molecule has 0 radical (unpaired) electrons. The molecule has 0 rings (SSSR count). The van der Waals surface area contributed by atoms with Gasteiger partial charge in [0.25, 0.3) is 0 Å². The smallest absolute Gasteiger partial charge is 0.0141 e. The molecule has 14 heavy (non-hydrogen) atoms. The molecule has 0 saturated heterocycles. The van der Waals surface area contributed by atoms with Crippen molar-refractivity contribution < 1.29 is 0 Å². The molecule has 0 fully saturated rings. The first kappa shape index (κ1) is 13.5. The lowest BCUT2D eigenvalue weighted by Crippen LogP contribution is -2.05. The molecule has 0 atom stereocenters. The van der Waals surface area contributed by atoms with Crippen LogP contribution in [0.25, 0.3) is 0 Å². The number of hydrogen-bond donors (Lipinski definition) is 1. The van der Waals surface area contributed by atoms with Gasteiger partial charge >= 0.3 is 0 Å². The van der Waals surface area contributed by atoms with Gasteiger partial charge in [-0.3, -0.25) is 0 Å². The molecule has 0 aliphatic rings. The summed E-state index contributed by atoms with van der Waals surface area (Å²) >= 11 is 0. The third kappa shape index (κ3) is 11.5. The van der Waals surface area contributed by atoms with E-state index < -0.39 is 0 Å². The van der Waals surface area contributed by atoms with Crippen molar-refractivity contribution >= 4 is 0 Å². The van der Waals surface area contributed by atoms with Crippen LogP contribution in [0.1, 0.15) is 64.7 Å². The summed E-state index contributed by atoms with van der Waals surface area (Å²) in [6.45, 7) is 6.99. The zero-order chi connectivity index (χ0) is 10.5. The largest absolute Gasteiger partial charge is 0.391 e. The lowest BCUT2D eigenvalue weighted by molar-refractivity contribution is 0.561. The van der Waals surface area contributed by atoms with E-state index in [1.54, 1.807) is 6.20 Å². The van der Waals surface area contributed by atoms with E-state index in [-0.39, 0.29) is 0 Å². The summed E-state index contributed by atoms with van der Waals surface area (Å²) in [6.07, 6.45) is 14.4. The molecule has 1 N–H and O–H groups in total. The molecule has 0 saturated carbocycles. The normalized spacial score (nSPS) is 10.1. The maximum Gasteiger partial charge on any atom is 0.0141 e. The molecule has 84 valence electrons. The first-order valence-corrected chi connectivity index (χ1v) is 6.26. The first-order valence-electron chi connectivity index (χ1n) is 6.26. The van der Waals surface area contributed by atoms with Gasteiger partial charge in [-0.2, -0.15) is 0 Å². The number of rotatable bonds is 11. The second kappa shape index (κ2) is 12.5. The van der Waals surface area contributed by atoms with Gasteiger partial charge in [-0.15, -0.1) is 0 Å². The van der Waals surface area contributed by atoms with Gasteiger partial charge in [0.1, 0.15) is 0 Å². The molecular formula is C13H27N. The number of unbranched alkanes of at least 4 members (excludes halogenated alkanes) is 8. The van der Waals surface area contributed by atoms with Gasteiger partial charge in [-0.25, -0.2) is 0 Å². The molecule has 0 aromatic rings. The van der Waals surface area contributed by atoms with Gasteiger partial charge in [0.15, 0.2) is 0 Å². The van der Waals surface area contributed by atoms with Crippen molar-refractivity contribution in [2.24, 2.45) is 0 Å². The van der Waals surface area contributed by atoms with Crippen LogP contribution in [0.5, 0.6) is 0 Å². The maximum atomic E-state index is 3.63. The summed E-state index contributed by atoms with van der Waals surface area (Å²) in [5.41, 5.74) is 0. The van der Waals surface area contributed by atoms with Crippen LogP contribution in [-0.4, -0.2) is 6.54 Å². The molecule has 0 aliphatic heterocycles. The molecular weight excluding hydrogens is 170 g/mol. The van der Waals surface area contributed by atoms with Crippen LogP contribution in [0.2, 0.25) is 0 Å². The Morgan fingerprint density at radius 3 is 1.86 bits per heavy atom. The monoisotopic (exact) mass is 197 g/mol. The van der Waals surface area contributed by atoms with Gasteiger partial charge < -0.3 is 5.32 Å². The lowest BCUT2D eigenvalue weighted by atomic mass is 10.1. The third-order valence-corrected chi connectivity index (χ3v) is 2.57. The highest BCUT2D eigenvalue weighted by atomic mass is 14.8. The molecule has 0 unspecified atom stereocenters. The van der Waals surface area contributed by atoms with Crippen molar-refractivity contribution in [3.63, 3.8) is 0 Å². The quantitative estimate of drug-likeness (QED) is 0.488. The van der Waals surface area contributed by atoms with Crippen LogP contribution >= 0.6 is 0 Å². The van der Waals surface area contributed by atoms with Crippen molar-refractivity contribution in [3.8, 4) is 0 Å². The highest BCUT2D eigenvalue weighted by Crippen LogP contribution is 2.08. The Labute approximate surface area is 90.0 Å². The van der Waals surface area contributed by atoms with E-state index in [1.807, 2.05) is 0 Å². The molecule has 0 bridgehead atoms. The average molecular weight is 197 g/mol. The Bertz CT molecular complexity index is 110. The van der Waals surface area contributed by atoms with Gasteiger partial charge in [-0.05, 0) is 12.6 Å². The summed E-state index contributed by atoms with van der Waals surface area (Å²) < 4.78 is 0. The third-order valence-electron chi connectivity index (χ3n) is 2.57. The lowest BCUT2D eigenvalue weighted by Gasteiger charge is -2.02. The fraction of sp³-hybridized carbons (Fsp3) is 0.846. The minimum atomic E-state index is 1.10. The van der Waals surface area contributed by atoms with E-state index in [2.05, 4.69) is 18.8 Å². The fourth-order valence-corrected chi connectivity index (χ4v) is 1.64. The van der Waals surface area contributed by atoms with E-state index in [0.29, 0.717) is 0 Å². The van der Waals surface area contributed by atoms with Gasteiger partial charge in [0, 0.05) is 6.54 Å². The highest BCUT2D eigenvalue weighted by molar-refractivity contribution is 4.62. The van der Waals surface area contributed by atoms with Gasteiger partial charge in [-0.1, -0.05) is 64.9 Å². The van der Waals surface area contributed by atoms with Crippen molar-refractivity contribution in [1.29, 1.82) is 0 Å². The minimum Gasteiger partial charge on any atom is -0.391 e. The average Bonchev–Trinajstić information content (AvgIpc) is 2.21. The SMILES string of the molecule is C=CNCCCCCCCCCCC. The Balaban J connectivity index is 2.81. The van der Waals surface area contributed by atoms with E-state index in [4.69, 9.17) is 0 Å². The minimum absolute atomic E-state index is 1.10. The molecule has 0 heterocycles. The van der Waals surface area contributed by atoms with Crippen LogP contribution in [0, 0.1) is 0 Å². The molecule has 1 nitrogen and oxygen atoms in total. The summed E-state index contributed by atoms with van der Waals surface area (Å²) in [6, 6.07) is 0. The standard InChI is InChI=1S/C13H27N/c1-3-5-6-7-8-9-10-11-12-13-14-4-2/h4,14H,2-3,5-13H2,1H3. The highest BCUT2D eigenvalue weighted by Gasteiger charge is 1.90. The molecule has 0 amide bonds. The van der Waals surface area contributed by atoms with E-state index in [0.717, 1.165) is 6.54 Å². The van der Waals surface area contributed by atoms with Gasteiger partial charge in [0.2, 0.25) is 0 Å². The van der Waals surface area contributed by atoms with Crippen LogP contribution in [0.15, 0.2) is 12.8 Å². The molecule has 0 spiro atoms. The Morgan fingerprint density at radius 1 is 0.857 bits per heavy atom. The van der Waals surface area contributed by atoms with E-state index in [9.17, 15) is 0 Å². The Kier molecular flexibility index (Phi) is 12.1. The molecule has 0 aliphatic carbocycles. The second-order valence-electron chi connectivity index (χ2n) is 3.99. The zero-order valence-corrected chi connectivity index (χ0v) is 9.86. The predicted octanol–water partition coefficient (Wildman–Crippen LogP) is 4.25. The summed E-state index contributed by atoms with van der Waals surface area (Å²) in [5.74, 6) is 0. The maximum absolute atomic E-state index is 3.63. The van der Waals surface area contributed by atoms with Gasteiger partial charge in [0.05, 0.1) is 0 Å². The van der Waals surface area contributed by atoms with Crippen LogP contribution in [0.3, 0.4) is 0 Å². The topological polar surface area (TPSA) is 12.0 Å². The Hall–Kier alpha value is -0.460. The Morgan fingerprint density at radius 2 is 1.36 bits per heavy atom. The predicted molar refractivity (Wildman–Crippen MR) is 65.4 cm³/mol.